The zero-order chi connectivity index (χ0) is 28.3. The highest BCUT2D eigenvalue weighted by Crippen LogP contribution is 2.31. The number of hydrogen-bond acceptors (Lipinski definition) is 3. The standard InChI is InChI=1S/C36H32N2O3/c1-24(27-16-15-26-9-2-3-10-28(26)21-27)37-35(39)31-17-18-34-30(22-31)12-7-19-38(34)23-25-8-6-11-29(20-25)32-13-4-5-14-33(32)36(40)41/h2-6,8-11,13-18,20-22,24H,7,12,19,23H2,1H3,(H,37,39)(H,40,41)/t24-/m0/s1. The van der Waals surface area contributed by atoms with E-state index in [1.807, 2.05) is 55.5 Å². The van der Waals surface area contributed by atoms with Gasteiger partial charge in [0.1, 0.15) is 0 Å². The molecule has 0 aromatic heterocycles. The van der Waals surface area contributed by atoms with Crippen molar-refractivity contribution in [1.82, 2.24) is 5.32 Å². The van der Waals surface area contributed by atoms with Crippen LogP contribution in [0.4, 0.5) is 5.69 Å². The molecule has 0 fully saturated rings. The van der Waals surface area contributed by atoms with Crippen LogP contribution in [0.25, 0.3) is 21.9 Å². The number of carboxylic acid groups (broad SMARTS) is 1. The Hall–Kier alpha value is -4.90. The molecule has 5 aromatic rings. The van der Waals surface area contributed by atoms with Gasteiger partial charge in [0.05, 0.1) is 11.6 Å². The lowest BCUT2D eigenvalue weighted by Crippen LogP contribution is -2.30. The zero-order valence-electron chi connectivity index (χ0n) is 23.0. The lowest BCUT2D eigenvalue weighted by molar-refractivity contribution is 0.0697. The molecule has 0 unspecified atom stereocenters. The number of nitrogens with one attached hydrogen (secondary N) is 1. The molecular weight excluding hydrogens is 508 g/mol. The minimum atomic E-state index is -0.928. The molecule has 0 aliphatic carbocycles. The van der Waals surface area contributed by atoms with Crippen LogP contribution in [0.15, 0.2) is 109 Å². The van der Waals surface area contributed by atoms with Crippen molar-refractivity contribution in [1.29, 1.82) is 0 Å². The van der Waals surface area contributed by atoms with Crippen LogP contribution in [0.2, 0.25) is 0 Å². The second-order valence-corrected chi connectivity index (χ2v) is 10.7. The maximum absolute atomic E-state index is 13.2. The molecule has 204 valence electrons. The van der Waals surface area contributed by atoms with Crippen LogP contribution in [0.1, 0.15) is 56.8 Å². The van der Waals surface area contributed by atoms with Crippen molar-refractivity contribution in [3.05, 3.63) is 137 Å². The number of carbonyl (C=O) groups is 2. The summed E-state index contributed by atoms with van der Waals surface area (Å²) in [6.45, 7) is 3.65. The summed E-state index contributed by atoms with van der Waals surface area (Å²) in [7, 11) is 0. The van der Waals surface area contributed by atoms with Crippen LogP contribution >= 0.6 is 0 Å². The number of aromatic carboxylic acids is 1. The average molecular weight is 541 g/mol. The third-order valence-corrected chi connectivity index (χ3v) is 7.95. The van der Waals surface area contributed by atoms with Gasteiger partial charge in [-0.2, -0.15) is 0 Å². The summed E-state index contributed by atoms with van der Waals surface area (Å²) < 4.78 is 0. The summed E-state index contributed by atoms with van der Waals surface area (Å²) in [5.41, 5.74) is 7.09. The third-order valence-electron chi connectivity index (χ3n) is 7.95. The van der Waals surface area contributed by atoms with Gasteiger partial charge in [0, 0.05) is 24.3 Å². The normalized spacial score (nSPS) is 13.4. The molecular formula is C36H32N2O3. The van der Waals surface area contributed by atoms with Crippen molar-refractivity contribution in [2.75, 3.05) is 11.4 Å². The minimum Gasteiger partial charge on any atom is -0.478 e. The van der Waals surface area contributed by atoms with Gasteiger partial charge < -0.3 is 15.3 Å². The summed E-state index contributed by atoms with van der Waals surface area (Å²) in [5, 5.41) is 15.2. The minimum absolute atomic E-state index is 0.0737. The highest BCUT2D eigenvalue weighted by Gasteiger charge is 2.20. The van der Waals surface area contributed by atoms with Crippen molar-refractivity contribution < 1.29 is 14.7 Å². The molecule has 41 heavy (non-hydrogen) atoms. The molecule has 0 saturated carbocycles. The SMILES string of the molecule is C[C@H](NC(=O)c1ccc2c(c1)CCCN2Cc1cccc(-c2ccccc2C(=O)O)c1)c1ccc2ccccc2c1. The number of amides is 1. The lowest BCUT2D eigenvalue weighted by atomic mass is 9.96. The number of aryl methyl sites for hydroxylation is 1. The van der Waals surface area contributed by atoms with E-state index in [9.17, 15) is 14.7 Å². The summed E-state index contributed by atoms with van der Waals surface area (Å²) in [6.07, 6.45) is 1.94. The van der Waals surface area contributed by atoms with Crippen molar-refractivity contribution in [3.8, 4) is 11.1 Å². The fourth-order valence-electron chi connectivity index (χ4n) is 5.80. The molecule has 1 amide bonds. The summed E-state index contributed by atoms with van der Waals surface area (Å²) >= 11 is 0. The maximum Gasteiger partial charge on any atom is 0.336 e. The predicted molar refractivity (Wildman–Crippen MR) is 164 cm³/mol. The van der Waals surface area contributed by atoms with E-state index in [1.54, 1.807) is 12.1 Å². The van der Waals surface area contributed by atoms with Gasteiger partial charge in [-0.1, -0.05) is 72.8 Å². The summed E-state index contributed by atoms with van der Waals surface area (Å²) in [6, 6.07) is 35.7. The van der Waals surface area contributed by atoms with Gasteiger partial charge in [-0.15, -0.1) is 0 Å². The number of anilines is 1. The molecule has 1 aliphatic heterocycles. The summed E-state index contributed by atoms with van der Waals surface area (Å²) in [4.78, 5) is 27.3. The summed E-state index contributed by atoms with van der Waals surface area (Å²) in [5.74, 6) is -1.00. The fourth-order valence-corrected chi connectivity index (χ4v) is 5.80. The fraction of sp³-hybridized carbons (Fsp3) is 0.167. The van der Waals surface area contributed by atoms with E-state index in [1.165, 1.54) is 10.9 Å². The molecule has 5 nitrogen and oxygen atoms in total. The maximum atomic E-state index is 13.2. The van der Waals surface area contributed by atoms with Crippen LogP contribution in [0.3, 0.4) is 0 Å². The number of rotatable bonds is 7. The van der Waals surface area contributed by atoms with Crippen LogP contribution in [0, 0.1) is 0 Å². The molecule has 1 aliphatic rings. The van der Waals surface area contributed by atoms with Crippen molar-refractivity contribution >= 4 is 28.3 Å². The van der Waals surface area contributed by atoms with Crippen LogP contribution in [-0.4, -0.2) is 23.5 Å². The Morgan fingerprint density at radius 1 is 0.854 bits per heavy atom. The molecule has 5 heteroatoms. The van der Waals surface area contributed by atoms with Gasteiger partial charge in [0.15, 0.2) is 0 Å². The number of hydrogen-bond donors (Lipinski definition) is 2. The monoisotopic (exact) mass is 540 g/mol. The van der Waals surface area contributed by atoms with Crippen molar-refractivity contribution in [3.63, 3.8) is 0 Å². The Labute approximate surface area is 240 Å². The number of carboxylic acids is 1. The predicted octanol–water partition coefficient (Wildman–Crippen LogP) is 7.65. The van der Waals surface area contributed by atoms with E-state index < -0.39 is 5.97 Å². The van der Waals surface area contributed by atoms with E-state index >= 15 is 0 Å². The second kappa shape index (κ2) is 11.3. The number of nitrogens with zero attached hydrogens (tertiary/aromatic N) is 1. The smallest absolute Gasteiger partial charge is 0.336 e. The molecule has 2 N–H and O–H groups in total. The van der Waals surface area contributed by atoms with Crippen LogP contribution in [0.5, 0.6) is 0 Å². The first kappa shape index (κ1) is 26.3. The van der Waals surface area contributed by atoms with Crippen LogP contribution < -0.4 is 10.2 Å². The van der Waals surface area contributed by atoms with E-state index in [0.29, 0.717) is 17.7 Å². The van der Waals surface area contributed by atoms with Crippen molar-refractivity contribution in [2.24, 2.45) is 0 Å². The van der Waals surface area contributed by atoms with E-state index in [4.69, 9.17) is 0 Å². The average Bonchev–Trinajstić information content (AvgIpc) is 3.00. The molecule has 1 atom stereocenters. The molecule has 0 spiro atoms. The van der Waals surface area contributed by atoms with Crippen molar-refractivity contribution in [2.45, 2.75) is 32.4 Å². The largest absolute Gasteiger partial charge is 0.478 e. The van der Waals surface area contributed by atoms with Gasteiger partial charge in [0.2, 0.25) is 0 Å². The first-order valence-electron chi connectivity index (χ1n) is 14.1. The number of fused-ring (bicyclic) bond motifs is 2. The van der Waals surface area contributed by atoms with E-state index in [-0.39, 0.29) is 11.9 Å². The molecule has 5 aromatic carbocycles. The first-order chi connectivity index (χ1) is 20.0. The van der Waals surface area contributed by atoms with Gasteiger partial charge in [-0.05, 0) is 94.8 Å². The van der Waals surface area contributed by atoms with Gasteiger partial charge in [-0.3, -0.25) is 4.79 Å². The number of benzene rings is 5. The molecule has 0 saturated heterocycles. The Kier molecular flexibility index (Phi) is 7.26. The molecule has 0 bridgehead atoms. The first-order valence-corrected chi connectivity index (χ1v) is 14.1. The lowest BCUT2D eigenvalue weighted by Gasteiger charge is -2.32. The number of carbonyl (C=O) groups excluding carboxylic acids is 1. The van der Waals surface area contributed by atoms with E-state index in [0.717, 1.165) is 52.7 Å². The van der Waals surface area contributed by atoms with Crippen LogP contribution in [-0.2, 0) is 13.0 Å². The Balaban J connectivity index is 1.18. The molecule has 0 radical (unpaired) electrons. The Bertz CT molecular complexity index is 1760. The molecule has 6 rings (SSSR count). The zero-order valence-corrected chi connectivity index (χ0v) is 23.0. The third kappa shape index (κ3) is 5.57. The highest BCUT2D eigenvalue weighted by molar-refractivity contribution is 5.96. The topological polar surface area (TPSA) is 69.6 Å². The highest BCUT2D eigenvalue weighted by atomic mass is 16.4. The van der Waals surface area contributed by atoms with Gasteiger partial charge >= 0.3 is 5.97 Å². The Morgan fingerprint density at radius 3 is 2.51 bits per heavy atom. The van der Waals surface area contributed by atoms with Gasteiger partial charge in [0.25, 0.3) is 5.91 Å². The van der Waals surface area contributed by atoms with Gasteiger partial charge in [-0.25, -0.2) is 4.79 Å². The second-order valence-electron chi connectivity index (χ2n) is 10.7. The molecule has 1 heterocycles. The Morgan fingerprint density at radius 2 is 1.66 bits per heavy atom. The quantitative estimate of drug-likeness (QED) is 0.222. The van der Waals surface area contributed by atoms with E-state index in [2.05, 4.69) is 58.7 Å².